The van der Waals surface area contributed by atoms with Crippen LogP contribution in [0.4, 0.5) is 11.4 Å². The van der Waals surface area contributed by atoms with Crippen molar-refractivity contribution in [2.75, 3.05) is 37.6 Å². The number of pyridine rings is 1. The summed E-state index contributed by atoms with van der Waals surface area (Å²) >= 11 is 0. The maximum atomic E-state index is 11.9. The highest BCUT2D eigenvalue weighted by atomic mass is 16.6. The van der Waals surface area contributed by atoms with Crippen LogP contribution in [0, 0.1) is 10.1 Å². The Morgan fingerprint density at radius 1 is 1.23 bits per heavy atom. The van der Waals surface area contributed by atoms with Gasteiger partial charge in [0.25, 0.3) is 5.69 Å². The number of aromatic nitrogens is 1. The Bertz CT molecular complexity index is 844. The lowest BCUT2D eigenvalue weighted by Crippen LogP contribution is -2.49. The number of nitrogens with one attached hydrogen (secondary N) is 1. The fourth-order valence-corrected chi connectivity index (χ4v) is 3.41. The van der Waals surface area contributed by atoms with E-state index in [0.29, 0.717) is 23.5 Å². The summed E-state index contributed by atoms with van der Waals surface area (Å²) in [5.41, 5.74) is 1.64. The zero-order valence-electron chi connectivity index (χ0n) is 14.4. The Morgan fingerprint density at radius 3 is 2.69 bits per heavy atom. The van der Waals surface area contributed by atoms with Gasteiger partial charge in [0.15, 0.2) is 0 Å². The second kappa shape index (κ2) is 6.87. The third-order valence-electron chi connectivity index (χ3n) is 4.94. The number of non-ortho nitro benzene ring substituents is 1. The predicted octanol–water partition coefficient (Wildman–Crippen LogP) is 1.54. The summed E-state index contributed by atoms with van der Waals surface area (Å²) in [6.45, 7) is 3.52. The van der Waals surface area contributed by atoms with E-state index >= 15 is 0 Å². The summed E-state index contributed by atoms with van der Waals surface area (Å²) in [5, 5.41) is 14.8. The Morgan fingerprint density at radius 2 is 2.00 bits per heavy atom. The summed E-state index contributed by atoms with van der Waals surface area (Å²) in [5.74, 6) is 0.100. The van der Waals surface area contributed by atoms with Gasteiger partial charge in [0.2, 0.25) is 5.91 Å². The van der Waals surface area contributed by atoms with Gasteiger partial charge in [0.05, 0.1) is 22.5 Å². The number of nitro groups is 1. The number of anilines is 1. The van der Waals surface area contributed by atoms with E-state index in [9.17, 15) is 14.9 Å². The van der Waals surface area contributed by atoms with E-state index < -0.39 is 0 Å². The second-order valence-electron chi connectivity index (χ2n) is 6.87. The third kappa shape index (κ3) is 3.45. The molecular weight excluding hydrogens is 334 g/mol. The number of hydrogen-bond donors (Lipinski definition) is 1. The number of hydrogen-bond acceptors (Lipinski definition) is 6. The van der Waals surface area contributed by atoms with E-state index in [1.54, 1.807) is 30.5 Å². The number of fused-ring (bicyclic) bond motifs is 1. The molecule has 26 heavy (non-hydrogen) atoms. The highest BCUT2D eigenvalue weighted by Crippen LogP contribution is 2.32. The van der Waals surface area contributed by atoms with Gasteiger partial charge in [-0.15, -0.1) is 0 Å². The van der Waals surface area contributed by atoms with Crippen molar-refractivity contribution >= 4 is 28.2 Å². The highest BCUT2D eigenvalue weighted by molar-refractivity contribution is 5.97. The van der Waals surface area contributed by atoms with Crippen LogP contribution in [0.25, 0.3) is 10.9 Å². The Balaban J connectivity index is 1.46. The number of amides is 1. The summed E-state index contributed by atoms with van der Waals surface area (Å²) in [6, 6.07) is 7.18. The number of carbonyl (C=O) groups excluding carboxylic acids is 1. The minimum Gasteiger partial charge on any atom is -0.367 e. The van der Waals surface area contributed by atoms with Crippen LogP contribution in [-0.2, 0) is 4.79 Å². The molecule has 1 saturated carbocycles. The first-order valence-corrected chi connectivity index (χ1v) is 8.90. The van der Waals surface area contributed by atoms with Crippen LogP contribution < -0.4 is 10.2 Å². The molecule has 2 aliphatic rings. The molecule has 2 heterocycles. The lowest BCUT2D eigenvalue weighted by atomic mass is 10.1. The Labute approximate surface area is 150 Å². The fourth-order valence-electron chi connectivity index (χ4n) is 3.41. The molecule has 2 fully saturated rings. The topological polar surface area (TPSA) is 91.6 Å². The molecule has 0 radical (unpaired) electrons. The van der Waals surface area contributed by atoms with Crippen molar-refractivity contribution in [3.8, 4) is 0 Å². The molecule has 0 bridgehead atoms. The third-order valence-corrected chi connectivity index (χ3v) is 4.94. The number of piperazine rings is 1. The van der Waals surface area contributed by atoms with Gasteiger partial charge in [0.1, 0.15) is 5.52 Å². The summed E-state index contributed by atoms with van der Waals surface area (Å²) in [4.78, 5) is 31.5. The van der Waals surface area contributed by atoms with E-state index in [1.807, 2.05) is 0 Å². The monoisotopic (exact) mass is 355 g/mol. The van der Waals surface area contributed by atoms with E-state index in [-0.39, 0.29) is 16.5 Å². The Kier molecular flexibility index (Phi) is 4.42. The largest absolute Gasteiger partial charge is 0.367 e. The van der Waals surface area contributed by atoms with Crippen LogP contribution in [0.3, 0.4) is 0 Å². The van der Waals surface area contributed by atoms with E-state index in [1.165, 1.54) is 0 Å². The smallest absolute Gasteiger partial charge is 0.278 e. The zero-order chi connectivity index (χ0) is 18.1. The maximum absolute atomic E-state index is 11.9. The highest BCUT2D eigenvalue weighted by Gasteiger charge is 2.26. The summed E-state index contributed by atoms with van der Waals surface area (Å²) in [7, 11) is 0. The van der Waals surface area contributed by atoms with Gasteiger partial charge in [-0.2, -0.15) is 0 Å². The minimum absolute atomic E-state index is 0.0761. The van der Waals surface area contributed by atoms with Gasteiger partial charge in [0, 0.05) is 44.5 Å². The molecule has 1 saturated heterocycles. The molecule has 1 aromatic carbocycles. The summed E-state index contributed by atoms with van der Waals surface area (Å²) < 4.78 is 0. The molecule has 4 rings (SSSR count). The van der Waals surface area contributed by atoms with E-state index in [4.69, 9.17) is 0 Å². The molecular formula is C18H21N5O3. The van der Waals surface area contributed by atoms with Crippen molar-refractivity contribution in [2.24, 2.45) is 0 Å². The van der Waals surface area contributed by atoms with Crippen LogP contribution in [0.2, 0.25) is 0 Å². The number of rotatable bonds is 5. The quantitative estimate of drug-likeness (QED) is 0.646. The molecule has 1 aliphatic carbocycles. The van der Waals surface area contributed by atoms with Crippen molar-refractivity contribution in [2.45, 2.75) is 18.9 Å². The molecule has 1 amide bonds. The van der Waals surface area contributed by atoms with Gasteiger partial charge in [-0.3, -0.25) is 24.8 Å². The first kappa shape index (κ1) is 16.7. The van der Waals surface area contributed by atoms with E-state index in [2.05, 4.69) is 20.1 Å². The van der Waals surface area contributed by atoms with Crippen LogP contribution in [0.15, 0.2) is 30.5 Å². The minimum atomic E-state index is -0.371. The van der Waals surface area contributed by atoms with Crippen LogP contribution in [0.5, 0.6) is 0 Å². The Hall–Kier alpha value is -2.74. The molecule has 136 valence electrons. The van der Waals surface area contributed by atoms with Crippen LogP contribution >= 0.6 is 0 Å². The van der Waals surface area contributed by atoms with Gasteiger partial charge >= 0.3 is 0 Å². The molecule has 8 heteroatoms. The van der Waals surface area contributed by atoms with E-state index in [0.717, 1.165) is 44.7 Å². The summed E-state index contributed by atoms with van der Waals surface area (Å²) in [6.07, 6.45) is 3.85. The average molecular weight is 355 g/mol. The lowest BCUT2D eigenvalue weighted by molar-refractivity contribution is -0.383. The second-order valence-corrected chi connectivity index (χ2v) is 6.87. The normalized spacial score (nSPS) is 18.1. The SMILES string of the molecule is O=C(CN1CCN(c2ccc([N+](=O)[O-])c3cccnc23)CC1)NC1CC1. The first-order valence-electron chi connectivity index (χ1n) is 8.90. The van der Waals surface area contributed by atoms with Gasteiger partial charge in [-0.1, -0.05) is 0 Å². The van der Waals surface area contributed by atoms with Crippen molar-refractivity contribution in [1.29, 1.82) is 0 Å². The van der Waals surface area contributed by atoms with Crippen LogP contribution in [0.1, 0.15) is 12.8 Å². The van der Waals surface area contributed by atoms with Gasteiger partial charge in [-0.05, 0) is 31.0 Å². The molecule has 0 unspecified atom stereocenters. The lowest BCUT2D eigenvalue weighted by Gasteiger charge is -2.36. The average Bonchev–Trinajstić information content (AvgIpc) is 3.45. The molecule has 8 nitrogen and oxygen atoms in total. The van der Waals surface area contributed by atoms with Gasteiger partial charge < -0.3 is 10.2 Å². The molecule has 2 aromatic rings. The number of nitro benzene ring substituents is 1. The predicted molar refractivity (Wildman–Crippen MR) is 98.2 cm³/mol. The first-order chi connectivity index (χ1) is 12.6. The van der Waals surface area contributed by atoms with Gasteiger partial charge in [-0.25, -0.2) is 0 Å². The standard InChI is InChI=1S/C18H21N5O3/c24-17(20-13-3-4-13)12-21-8-10-22(11-9-21)16-6-5-15(23(25)26)14-2-1-7-19-18(14)16/h1-2,5-7,13H,3-4,8-12H2,(H,20,24). The maximum Gasteiger partial charge on any atom is 0.278 e. The molecule has 1 aromatic heterocycles. The zero-order valence-corrected chi connectivity index (χ0v) is 14.4. The van der Waals surface area contributed by atoms with Crippen molar-refractivity contribution in [1.82, 2.24) is 15.2 Å². The van der Waals surface area contributed by atoms with Crippen LogP contribution in [-0.4, -0.2) is 59.5 Å². The molecule has 0 atom stereocenters. The number of nitrogens with zero attached hydrogens (tertiary/aromatic N) is 4. The molecule has 1 aliphatic heterocycles. The van der Waals surface area contributed by atoms with Crippen molar-refractivity contribution < 1.29 is 9.72 Å². The number of benzene rings is 1. The van der Waals surface area contributed by atoms with Crippen molar-refractivity contribution in [3.05, 3.63) is 40.6 Å². The van der Waals surface area contributed by atoms with Crippen molar-refractivity contribution in [3.63, 3.8) is 0 Å². The number of carbonyl (C=O) groups is 1. The molecule has 0 spiro atoms. The molecule has 1 N–H and O–H groups in total. The fraction of sp³-hybridized carbons (Fsp3) is 0.444.